The van der Waals surface area contributed by atoms with E-state index in [-0.39, 0.29) is 18.0 Å². The largest absolute Gasteiger partial charge is 0.330 e. The fourth-order valence-electron chi connectivity index (χ4n) is 3.56. The Morgan fingerprint density at radius 3 is 2.62 bits per heavy atom. The first kappa shape index (κ1) is 19.7. The summed E-state index contributed by atoms with van der Waals surface area (Å²) in [6.45, 7) is 1.91. The molecule has 0 aliphatic heterocycles. The number of aromatic nitrogens is 7. The minimum atomic E-state index is -0.301. The Hall–Kier alpha value is -4.27. The number of nitrogens with zero attached hydrogens (tertiary/aromatic N) is 7. The van der Waals surface area contributed by atoms with Crippen molar-refractivity contribution < 1.29 is 9.18 Å². The van der Waals surface area contributed by atoms with Crippen molar-refractivity contribution in [1.82, 2.24) is 34.3 Å². The lowest BCUT2D eigenvalue weighted by Crippen LogP contribution is -2.06. The summed E-state index contributed by atoms with van der Waals surface area (Å²) >= 11 is 0. The number of benzene rings is 1. The van der Waals surface area contributed by atoms with Crippen molar-refractivity contribution >= 4 is 11.4 Å². The van der Waals surface area contributed by atoms with Gasteiger partial charge in [-0.3, -0.25) is 4.79 Å². The Labute approximate surface area is 182 Å². The summed E-state index contributed by atoms with van der Waals surface area (Å²) in [7, 11) is 1.91. The van der Waals surface area contributed by atoms with Crippen molar-refractivity contribution in [3.05, 3.63) is 84.0 Å². The van der Waals surface area contributed by atoms with Crippen LogP contribution >= 0.6 is 0 Å². The van der Waals surface area contributed by atoms with E-state index in [1.165, 1.54) is 18.3 Å². The van der Waals surface area contributed by atoms with Gasteiger partial charge >= 0.3 is 0 Å². The van der Waals surface area contributed by atoms with Crippen LogP contribution in [0.5, 0.6) is 0 Å². The van der Waals surface area contributed by atoms with Crippen molar-refractivity contribution in [2.45, 2.75) is 13.3 Å². The van der Waals surface area contributed by atoms with Gasteiger partial charge in [-0.25, -0.2) is 18.9 Å². The van der Waals surface area contributed by atoms with Crippen LogP contribution in [-0.2, 0) is 13.5 Å². The summed E-state index contributed by atoms with van der Waals surface area (Å²) in [4.78, 5) is 21.6. The number of aryl methyl sites for hydroxylation is 1. The average Bonchev–Trinajstić information content (AvgIpc) is 3.34. The van der Waals surface area contributed by atoms with Crippen molar-refractivity contribution in [2.75, 3.05) is 0 Å². The number of hydrogen-bond acceptors (Lipinski definition) is 6. The molecule has 158 valence electrons. The van der Waals surface area contributed by atoms with Gasteiger partial charge in [-0.15, -0.1) is 5.10 Å². The quantitative estimate of drug-likeness (QED) is 0.399. The molecule has 0 bridgehead atoms. The highest BCUT2D eigenvalue weighted by Crippen LogP contribution is 2.31. The monoisotopic (exact) mass is 427 g/mol. The topological polar surface area (TPSA) is 90.9 Å². The molecule has 9 heteroatoms. The standard InChI is InChI=1S/C23H18FN7O/c1-14-26-22(15-5-7-16(24)8-6-15)23(30(14)2)19-9-10-21-27-17(13-31(21)29-19)12-20(32)18-4-3-11-25-28-18/h3-11,13H,12H2,1-2H3. The Balaban J connectivity index is 1.52. The zero-order valence-corrected chi connectivity index (χ0v) is 17.4. The van der Waals surface area contributed by atoms with Gasteiger partial charge in [0.15, 0.2) is 11.4 Å². The van der Waals surface area contributed by atoms with E-state index in [2.05, 4.69) is 20.2 Å². The van der Waals surface area contributed by atoms with E-state index >= 15 is 0 Å². The lowest BCUT2D eigenvalue weighted by atomic mass is 10.1. The van der Waals surface area contributed by atoms with Gasteiger partial charge in [0, 0.05) is 18.8 Å². The summed E-state index contributed by atoms with van der Waals surface area (Å²) in [5.74, 6) is 0.342. The van der Waals surface area contributed by atoms with Crippen LogP contribution in [0.25, 0.3) is 28.3 Å². The molecule has 8 nitrogen and oxygen atoms in total. The van der Waals surface area contributed by atoms with Crippen LogP contribution in [0.1, 0.15) is 22.0 Å². The number of hydrogen-bond donors (Lipinski definition) is 0. The summed E-state index contributed by atoms with van der Waals surface area (Å²) < 4.78 is 17.0. The van der Waals surface area contributed by atoms with Gasteiger partial charge in [0.25, 0.3) is 0 Å². The summed E-state index contributed by atoms with van der Waals surface area (Å²) in [5.41, 5.74) is 4.52. The number of carbonyl (C=O) groups excluding carboxylic acids is 1. The Morgan fingerprint density at radius 1 is 1.06 bits per heavy atom. The van der Waals surface area contributed by atoms with Gasteiger partial charge in [-0.1, -0.05) is 0 Å². The SMILES string of the molecule is Cc1nc(-c2ccc(F)cc2)c(-c2ccc3nc(CC(=O)c4cccnn4)cn3n2)n1C. The van der Waals surface area contributed by atoms with Crippen LogP contribution in [0.3, 0.4) is 0 Å². The van der Waals surface area contributed by atoms with Crippen LogP contribution in [0, 0.1) is 12.7 Å². The average molecular weight is 427 g/mol. The number of Topliss-reactive ketones (excluding diaryl/α,β-unsaturated/α-hetero) is 1. The molecule has 4 heterocycles. The minimum Gasteiger partial charge on any atom is -0.330 e. The Kier molecular flexibility index (Phi) is 4.78. The van der Waals surface area contributed by atoms with E-state index in [4.69, 9.17) is 5.10 Å². The van der Waals surface area contributed by atoms with E-state index < -0.39 is 0 Å². The molecule has 4 aromatic heterocycles. The third kappa shape index (κ3) is 3.53. The molecule has 0 spiro atoms. The van der Waals surface area contributed by atoms with Crippen molar-refractivity contribution in [2.24, 2.45) is 7.05 Å². The van der Waals surface area contributed by atoms with Crippen LogP contribution in [0.2, 0.25) is 0 Å². The van der Waals surface area contributed by atoms with Crippen LogP contribution in [-0.4, -0.2) is 40.1 Å². The molecule has 0 aliphatic carbocycles. The molecule has 0 radical (unpaired) electrons. The Morgan fingerprint density at radius 2 is 1.88 bits per heavy atom. The molecule has 0 saturated carbocycles. The fraction of sp³-hybridized carbons (Fsp3) is 0.130. The molecule has 1 aromatic carbocycles. The van der Waals surface area contributed by atoms with E-state index in [0.717, 1.165) is 22.8 Å². The minimum absolute atomic E-state index is 0.100. The highest BCUT2D eigenvalue weighted by atomic mass is 19.1. The third-order valence-electron chi connectivity index (χ3n) is 5.25. The number of ketones is 1. The normalized spacial score (nSPS) is 11.2. The first-order chi connectivity index (χ1) is 15.5. The predicted octanol–water partition coefficient (Wildman–Crippen LogP) is 3.46. The molecule has 0 atom stereocenters. The molecular formula is C23H18FN7O. The first-order valence-electron chi connectivity index (χ1n) is 9.95. The van der Waals surface area contributed by atoms with Gasteiger partial charge in [-0.05, 0) is 55.5 Å². The third-order valence-corrected chi connectivity index (χ3v) is 5.25. The number of carbonyl (C=O) groups is 1. The molecule has 0 aliphatic rings. The molecule has 32 heavy (non-hydrogen) atoms. The molecule has 0 fully saturated rings. The van der Waals surface area contributed by atoms with E-state index in [1.54, 1.807) is 35.0 Å². The lowest BCUT2D eigenvalue weighted by Gasteiger charge is -2.07. The van der Waals surface area contributed by atoms with Crippen molar-refractivity contribution in [3.8, 4) is 22.6 Å². The second-order valence-corrected chi connectivity index (χ2v) is 7.38. The highest BCUT2D eigenvalue weighted by Gasteiger charge is 2.19. The smallest absolute Gasteiger partial charge is 0.189 e. The molecule has 5 aromatic rings. The van der Waals surface area contributed by atoms with Crippen LogP contribution < -0.4 is 0 Å². The number of fused-ring (bicyclic) bond motifs is 1. The Bertz CT molecular complexity index is 1440. The van der Waals surface area contributed by atoms with E-state index in [9.17, 15) is 9.18 Å². The number of rotatable bonds is 5. The maximum Gasteiger partial charge on any atom is 0.189 e. The molecule has 0 unspecified atom stereocenters. The lowest BCUT2D eigenvalue weighted by molar-refractivity contribution is 0.0986. The van der Waals surface area contributed by atoms with Crippen LogP contribution in [0.4, 0.5) is 4.39 Å². The predicted molar refractivity (Wildman–Crippen MR) is 115 cm³/mol. The summed E-state index contributed by atoms with van der Waals surface area (Å²) in [6.07, 6.45) is 3.35. The van der Waals surface area contributed by atoms with Crippen LogP contribution in [0.15, 0.2) is 60.9 Å². The molecular weight excluding hydrogens is 409 g/mol. The highest BCUT2D eigenvalue weighted by molar-refractivity contribution is 5.95. The molecule has 0 amide bonds. The van der Waals surface area contributed by atoms with E-state index in [0.29, 0.717) is 22.7 Å². The van der Waals surface area contributed by atoms with Gasteiger partial charge in [0.2, 0.25) is 0 Å². The molecule has 0 saturated heterocycles. The second-order valence-electron chi connectivity index (χ2n) is 7.38. The van der Waals surface area contributed by atoms with Crippen molar-refractivity contribution in [1.29, 1.82) is 0 Å². The zero-order chi connectivity index (χ0) is 22.2. The number of halogens is 1. The second kappa shape index (κ2) is 7.77. The maximum absolute atomic E-state index is 13.4. The van der Waals surface area contributed by atoms with Gasteiger partial charge < -0.3 is 4.57 Å². The number of imidazole rings is 2. The fourth-order valence-corrected chi connectivity index (χ4v) is 3.56. The van der Waals surface area contributed by atoms with Crippen molar-refractivity contribution in [3.63, 3.8) is 0 Å². The zero-order valence-electron chi connectivity index (χ0n) is 17.4. The van der Waals surface area contributed by atoms with Gasteiger partial charge in [0.05, 0.1) is 29.7 Å². The maximum atomic E-state index is 13.4. The molecule has 0 N–H and O–H groups in total. The first-order valence-corrected chi connectivity index (χ1v) is 9.95. The van der Waals surface area contributed by atoms with Gasteiger partial charge in [0.1, 0.15) is 23.0 Å². The molecule has 5 rings (SSSR count). The summed E-state index contributed by atoms with van der Waals surface area (Å²) in [6, 6.07) is 13.2. The van der Waals surface area contributed by atoms with E-state index in [1.807, 2.05) is 30.7 Å². The summed E-state index contributed by atoms with van der Waals surface area (Å²) in [5, 5.41) is 12.3. The van der Waals surface area contributed by atoms with Gasteiger partial charge in [-0.2, -0.15) is 10.2 Å².